The van der Waals surface area contributed by atoms with Crippen molar-refractivity contribution in [2.45, 2.75) is 76.9 Å². The number of hydrogen-bond donors (Lipinski definition) is 2. The summed E-state index contributed by atoms with van der Waals surface area (Å²) in [6.45, 7) is 5.38. The van der Waals surface area contributed by atoms with Crippen molar-refractivity contribution in [2.24, 2.45) is 0 Å². The van der Waals surface area contributed by atoms with Gasteiger partial charge < -0.3 is 10.6 Å². The maximum atomic E-state index is 12.5. The molecule has 0 aromatic carbocycles. The molecule has 1 aromatic rings. The topological polar surface area (TPSA) is 74.3 Å². The lowest BCUT2D eigenvalue weighted by atomic mass is 10.1. The molecule has 1 saturated heterocycles. The molecule has 2 aliphatic rings. The normalized spacial score (nSPS) is 24.1. The molecule has 1 aliphatic carbocycles. The molecular formula is C19H30N4O2S. The van der Waals surface area contributed by atoms with E-state index in [0.717, 1.165) is 18.7 Å². The minimum Gasteiger partial charge on any atom is -0.355 e. The minimum absolute atomic E-state index is 0.0678. The predicted octanol–water partition coefficient (Wildman–Crippen LogP) is 2.02. The third-order valence-electron chi connectivity index (χ3n) is 5.58. The van der Waals surface area contributed by atoms with Crippen molar-refractivity contribution >= 4 is 23.2 Å². The largest absolute Gasteiger partial charge is 0.355 e. The van der Waals surface area contributed by atoms with Crippen molar-refractivity contribution in [3.8, 4) is 0 Å². The number of aromatic nitrogens is 1. The quantitative estimate of drug-likeness (QED) is 0.761. The maximum Gasteiger partial charge on any atom is 0.237 e. The van der Waals surface area contributed by atoms with Crippen LogP contribution in [0.3, 0.4) is 0 Å². The highest BCUT2D eigenvalue weighted by Gasteiger charge is 2.41. The molecule has 1 aliphatic heterocycles. The van der Waals surface area contributed by atoms with Crippen molar-refractivity contribution in [1.29, 1.82) is 0 Å². The molecule has 2 fully saturated rings. The van der Waals surface area contributed by atoms with E-state index < -0.39 is 0 Å². The number of amides is 2. The first-order valence-corrected chi connectivity index (χ1v) is 10.7. The van der Waals surface area contributed by atoms with Crippen molar-refractivity contribution in [3.05, 3.63) is 16.1 Å². The van der Waals surface area contributed by atoms with Gasteiger partial charge in [0.25, 0.3) is 0 Å². The van der Waals surface area contributed by atoms with Gasteiger partial charge >= 0.3 is 0 Å². The number of rotatable bonds is 7. The predicted molar refractivity (Wildman–Crippen MR) is 103 cm³/mol. The highest BCUT2D eigenvalue weighted by molar-refractivity contribution is 7.09. The Hall–Kier alpha value is -1.47. The molecule has 0 spiro atoms. The summed E-state index contributed by atoms with van der Waals surface area (Å²) in [7, 11) is 0. The Morgan fingerprint density at radius 2 is 2.12 bits per heavy atom. The summed E-state index contributed by atoms with van der Waals surface area (Å²) in [6, 6.07) is 0.453. The van der Waals surface area contributed by atoms with Gasteiger partial charge in [-0.25, -0.2) is 4.98 Å². The van der Waals surface area contributed by atoms with E-state index in [-0.39, 0.29) is 23.9 Å². The van der Waals surface area contributed by atoms with E-state index in [0.29, 0.717) is 25.4 Å². The smallest absolute Gasteiger partial charge is 0.237 e. The lowest BCUT2D eigenvalue weighted by Gasteiger charge is -2.29. The zero-order chi connectivity index (χ0) is 18.5. The molecule has 2 heterocycles. The van der Waals surface area contributed by atoms with Crippen molar-refractivity contribution in [3.63, 3.8) is 0 Å². The number of carbonyl (C=O) groups is 2. The van der Waals surface area contributed by atoms with E-state index in [9.17, 15) is 9.59 Å². The molecule has 2 atom stereocenters. The van der Waals surface area contributed by atoms with Gasteiger partial charge in [0.05, 0.1) is 17.2 Å². The molecule has 2 N–H and O–H groups in total. The van der Waals surface area contributed by atoms with E-state index in [4.69, 9.17) is 0 Å². The molecule has 0 radical (unpaired) electrons. The molecule has 1 saturated carbocycles. The second-order valence-corrected chi connectivity index (χ2v) is 8.35. The summed E-state index contributed by atoms with van der Waals surface area (Å²) in [5.41, 5.74) is 2.85. The Kier molecular flexibility index (Phi) is 6.64. The SMILES string of the molecule is CCNC(=O)C1CC(NC(=O)CCc2scnc2C)CN1C1CCCC1. The molecule has 3 rings (SSSR count). The fourth-order valence-electron chi connectivity index (χ4n) is 4.25. The number of thiazole rings is 1. The first-order chi connectivity index (χ1) is 12.6. The standard InChI is InChI=1S/C19H30N4O2S/c1-3-20-19(25)16-10-14(11-23(16)15-6-4-5-7-15)22-18(24)9-8-17-13(2)21-12-26-17/h12,14-16H,3-11H2,1-2H3,(H,20,25)(H,22,24). The summed E-state index contributed by atoms with van der Waals surface area (Å²) in [5.74, 6) is 0.183. The summed E-state index contributed by atoms with van der Waals surface area (Å²) >= 11 is 1.61. The average Bonchev–Trinajstić information content (AvgIpc) is 3.33. The molecule has 1 aromatic heterocycles. The number of nitrogens with zero attached hydrogens (tertiary/aromatic N) is 2. The molecule has 2 amide bonds. The van der Waals surface area contributed by atoms with Crippen LogP contribution in [0, 0.1) is 6.92 Å². The van der Waals surface area contributed by atoms with Crippen LogP contribution in [-0.2, 0) is 16.0 Å². The van der Waals surface area contributed by atoms with Gasteiger partial charge in [0, 0.05) is 36.5 Å². The molecule has 6 nitrogen and oxygen atoms in total. The van der Waals surface area contributed by atoms with Crippen LogP contribution in [0.25, 0.3) is 0 Å². The van der Waals surface area contributed by atoms with Gasteiger partial charge in [-0.1, -0.05) is 12.8 Å². The fraction of sp³-hybridized carbons (Fsp3) is 0.737. The second kappa shape index (κ2) is 8.95. The van der Waals surface area contributed by atoms with E-state index in [1.807, 2.05) is 19.4 Å². The van der Waals surface area contributed by atoms with Crippen molar-refractivity contribution in [2.75, 3.05) is 13.1 Å². The molecule has 0 bridgehead atoms. The number of carbonyl (C=O) groups excluding carboxylic acids is 2. The van der Waals surface area contributed by atoms with Crippen LogP contribution in [0.4, 0.5) is 0 Å². The Labute approximate surface area is 159 Å². The minimum atomic E-state index is -0.105. The molecule has 144 valence electrons. The van der Waals surface area contributed by atoms with Crippen molar-refractivity contribution in [1.82, 2.24) is 20.5 Å². The second-order valence-electron chi connectivity index (χ2n) is 7.41. The maximum absolute atomic E-state index is 12.5. The van der Waals surface area contributed by atoms with E-state index in [1.165, 1.54) is 30.6 Å². The van der Waals surface area contributed by atoms with Crippen LogP contribution in [0.5, 0.6) is 0 Å². The van der Waals surface area contributed by atoms with Gasteiger partial charge in [0.15, 0.2) is 0 Å². The molecule has 26 heavy (non-hydrogen) atoms. The Morgan fingerprint density at radius 3 is 2.77 bits per heavy atom. The highest BCUT2D eigenvalue weighted by Crippen LogP contribution is 2.30. The number of aryl methyl sites for hydroxylation is 2. The van der Waals surface area contributed by atoms with Gasteiger partial charge in [-0.05, 0) is 39.5 Å². The summed E-state index contributed by atoms with van der Waals surface area (Å²) in [6.07, 6.45) is 6.76. The number of nitrogens with one attached hydrogen (secondary N) is 2. The van der Waals surface area contributed by atoms with E-state index >= 15 is 0 Å². The van der Waals surface area contributed by atoms with E-state index in [1.54, 1.807) is 11.3 Å². The number of likely N-dealkylation sites (N-methyl/N-ethyl adjacent to an activating group) is 1. The van der Waals surface area contributed by atoms with Crippen LogP contribution in [0.2, 0.25) is 0 Å². The van der Waals surface area contributed by atoms with Crippen LogP contribution in [0.1, 0.15) is 56.0 Å². The van der Waals surface area contributed by atoms with Crippen molar-refractivity contribution < 1.29 is 9.59 Å². The Bertz CT molecular complexity index is 627. The zero-order valence-corrected chi connectivity index (χ0v) is 16.6. The monoisotopic (exact) mass is 378 g/mol. The molecule has 2 unspecified atom stereocenters. The van der Waals surface area contributed by atoms with Crippen LogP contribution >= 0.6 is 11.3 Å². The van der Waals surface area contributed by atoms with Gasteiger partial charge in [-0.15, -0.1) is 11.3 Å². The van der Waals surface area contributed by atoms with Gasteiger partial charge in [0.2, 0.25) is 11.8 Å². The van der Waals surface area contributed by atoms with E-state index in [2.05, 4.69) is 20.5 Å². The van der Waals surface area contributed by atoms with Gasteiger partial charge in [-0.2, -0.15) is 0 Å². The average molecular weight is 379 g/mol. The first-order valence-electron chi connectivity index (χ1n) is 9.80. The Morgan fingerprint density at radius 1 is 1.35 bits per heavy atom. The number of hydrogen-bond acceptors (Lipinski definition) is 5. The fourth-order valence-corrected chi connectivity index (χ4v) is 5.03. The lowest BCUT2D eigenvalue weighted by molar-refractivity contribution is -0.126. The summed E-state index contributed by atoms with van der Waals surface area (Å²) < 4.78 is 0. The zero-order valence-electron chi connectivity index (χ0n) is 15.8. The molecular weight excluding hydrogens is 348 g/mol. The summed E-state index contributed by atoms with van der Waals surface area (Å²) in [5, 5.41) is 6.13. The van der Waals surface area contributed by atoms with Gasteiger partial charge in [-0.3, -0.25) is 14.5 Å². The van der Waals surface area contributed by atoms with Gasteiger partial charge in [0.1, 0.15) is 0 Å². The number of likely N-dealkylation sites (tertiary alicyclic amines) is 1. The van der Waals surface area contributed by atoms with Crippen LogP contribution in [0.15, 0.2) is 5.51 Å². The lowest BCUT2D eigenvalue weighted by Crippen LogP contribution is -2.47. The van der Waals surface area contributed by atoms with Crippen LogP contribution < -0.4 is 10.6 Å². The third kappa shape index (κ3) is 4.62. The Balaban J connectivity index is 1.55. The van der Waals surface area contributed by atoms with Crippen LogP contribution in [-0.4, -0.2) is 52.9 Å². The highest BCUT2D eigenvalue weighted by atomic mass is 32.1. The summed E-state index contributed by atoms with van der Waals surface area (Å²) in [4.78, 5) is 32.6. The third-order valence-corrected chi connectivity index (χ3v) is 6.57. The molecule has 7 heteroatoms. The first kappa shape index (κ1) is 19.3.